The summed E-state index contributed by atoms with van der Waals surface area (Å²) in [6.07, 6.45) is 0.987. The molecule has 0 aromatic rings. The van der Waals surface area contributed by atoms with E-state index in [2.05, 4.69) is 0 Å². The minimum Gasteiger partial charge on any atom is -0.381 e. The highest BCUT2D eigenvalue weighted by molar-refractivity contribution is 6.34. The first-order valence-electron chi connectivity index (χ1n) is 10.2. The van der Waals surface area contributed by atoms with Crippen molar-refractivity contribution in [2.24, 2.45) is 28.6 Å². The van der Waals surface area contributed by atoms with Crippen molar-refractivity contribution in [1.29, 1.82) is 0 Å². The molecule has 3 unspecified atom stereocenters. The fraction of sp³-hybridized carbons (Fsp3) is 0.727. The third kappa shape index (κ3) is 2.28. The zero-order valence-corrected chi connectivity index (χ0v) is 18.5. The van der Waals surface area contributed by atoms with Gasteiger partial charge in [-0.15, -0.1) is 23.2 Å². The zero-order valence-electron chi connectivity index (χ0n) is 17.0. The first-order chi connectivity index (χ1) is 13.8. The largest absolute Gasteiger partial charge is 0.381 e. The Hall–Kier alpha value is -0.850. The van der Waals surface area contributed by atoms with Gasteiger partial charge in [-0.25, -0.2) is 13.2 Å². The van der Waals surface area contributed by atoms with Gasteiger partial charge >= 0.3 is 0 Å². The fourth-order valence-electron chi connectivity index (χ4n) is 7.26. The molecule has 0 heterocycles. The molecule has 4 aliphatic carbocycles. The topological polar surface area (TPSA) is 54.4 Å². The van der Waals surface area contributed by atoms with Gasteiger partial charge in [0.25, 0.3) is 0 Å². The van der Waals surface area contributed by atoms with E-state index < -0.39 is 74.7 Å². The van der Waals surface area contributed by atoms with E-state index >= 15 is 4.39 Å². The van der Waals surface area contributed by atoms with Crippen molar-refractivity contribution in [3.63, 3.8) is 0 Å². The minimum absolute atomic E-state index is 0.0784. The first kappa shape index (κ1) is 22.3. The molecule has 166 valence electrons. The lowest BCUT2D eigenvalue weighted by Crippen LogP contribution is -2.69. The van der Waals surface area contributed by atoms with Crippen LogP contribution in [0.2, 0.25) is 0 Å². The molecule has 4 aliphatic rings. The number of rotatable bonds is 2. The smallest absolute Gasteiger partial charge is 0.213 e. The van der Waals surface area contributed by atoms with E-state index in [4.69, 9.17) is 23.2 Å². The van der Waals surface area contributed by atoms with E-state index in [1.54, 1.807) is 20.8 Å². The van der Waals surface area contributed by atoms with E-state index in [0.717, 1.165) is 6.08 Å². The van der Waals surface area contributed by atoms with Crippen molar-refractivity contribution in [2.45, 2.75) is 62.1 Å². The molecular weight excluding hydrogens is 440 g/mol. The number of ketones is 2. The SMILES string of the molecule is CC1C[C@H]2[C@@H]3CC(F)C4=C(F)C(=O)C=C[C@]4(C)[C@@]3(Cl)C(Cl)C[C@]2(C)[C@@]1(O)C(=O)CF. The number of alkyl halides is 4. The molecule has 0 aliphatic heterocycles. The number of allylic oxidation sites excluding steroid dienone is 4. The summed E-state index contributed by atoms with van der Waals surface area (Å²) < 4.78 is 43.5. The van der Waals surface area contributed by atoms with E-state index in [1.165, 1.54) is 6.08 Å². The fourth-order valence-corrected chi connectivity index (χ4v) is 8.46. The van der Waals surface area contributed by atoms with Gasteiger partial charge in [-0.3, -0.25) is 9.59 Å². The number of hydrogen-bond donors (Lipinski definition) is 1. The van der Waals surface area contributed by atoms with Crippen LogP contribution in [0, 0.1) is 28.6 Å². The Labute approximate surface area is 183 Å². The summed E-state index contributed by atoms with van der Waals surface area (Å²) in [5.74, 6) is -4.54. The summed E-state index contributed by atoms with van der Waals surface area (Å²) >= 11 is 14.0. The van der Waals surface area contributed by atoms with Crippen LogP contribution in [0.3, 0.4) is 0 Å². The van der Waals surface area contributed by atoms with Crippen LogP contribution in [-0.2, 0) is 9.59 Å². The van der Waals surface area contributed by atoms with Crippen LogP contribution in [0.5, 0.6) is 0 Å². The molecular formula is C22H25Cl2F3O3. The van der Waals surface area contributed by atoms with Crippen LogP contribution in [0.1, 0.15) is 40.0 Å². The lowest BCUT2D eigenvalue weighted by atomic mass is 9.46. The second kappa shape index (κ2) is 6.58. The third-order valence-electron chi connectivity index (χ3n) is 8.79. The van der Waals surface area contributed by atoms with Gasteiger partial charge in [0.1, 0.15) is 11.8 Å². The van der Waals surface area contributed by atoms with Gasteiger partial charge in [-0.05, 0) is 43.1 Å². The highest BCUT2D eigenvalue weighted by Crippen LogP contribution is 2.72. The molecule has 30 heavy (non-hydrogen) atoms. The van der Waals surface area contributed by atoms with Crippen molar-refractivity contribution >= 4 is 34.8 Å². The van der Waals surface area contributed by atoms with Crippen LogP contribution in [-0.4, -0.2) is 45.4 Å². The maximum Gasteiger partial charge on any atom is 0.213 e. The van der Waals surface area contributed by atoms with Crippen molar-refractivity contribution < 1.29 is 27.9 Å². The molecule has 0 aromatic heterocycles. The Morgan fingerprint density at radius 3 is 2.53 bits per heavy atom. The van der Waals surface area contributed by atoms with Crippen LogP contribution in [0.25, 0.3) is 0 Å². The number of Topliss-reactive ketones (excluding diaryl/α,β-unsaturated/α-hetero) is 1. The number of carbonyl (C=O) groups is 2. The molecule has 0 bridgehead atoms. The highest BCUT2D eigenvalue weighted by Gasteiger charge is 2.75. The highest BCUT2D eigenvalue weighted by atomic mass is 35.5. The van der Waals surface area contributed by atoms with Crippen LogP contribution < -0.4 is 0 Å². The van der Waals surface area contributed by atoms with Gasteiger partial charge in [-0.2, -0.15) is 0 Å². The quantitative estimate of drug-likeness (QED) is 0.605. The molecule has 0 amide bonds. The molecule has 0 spiro atoms. The Morgan fingerprint density at radius 1 is 1.30 bits per heavy atom. The molecule has 3 nitrogen and oxygen atoms in total. The lowest BCUT2D eigenvalue weighted by molar-refractivity contribution is -0.166. The summed E-state index contributed by atoms with van der Waals surface area (Å²) in [6.45, 7) is 3.66. The van der Waals surface area contributed by atoms with Crippen molar-refractivity contribution in [2.75, 3.05) is 6.67 Å². The Balaban J connectivity index is 1.89. The average Bonchev–Trinajstić information content (AvgIpc) is 2.88. The molecule has 8 heteroatoms. The standard InChI is InChI=1S/C22H25Cl2F3O3/c1-10-6-11-12-7-13(26)17-18(27)14(28)4-5-19(17,2)21(12,24)15(23)8-20(11,3)22(10,30)16(29)9-25/h4-5,10-13,15,30H,6-9H2,1-3H3/t10?,11-,12-,13?,15?,19-,20-,21-,22-/m0/s1. The minimum atomic E-state index is -1.94. The van der Waals surface area contributed by atoms with Gasteiger partial charge in [0.15, 0.2) is 18.3 Å². The maximum atomic E-state index is 15.4. The van der Waals surface area contributed by atoms with E-state index in [9.17, 15) is 23.5 Å². The molecule has 9 atom stereocenters. The second-order valence-electron chi connectivity index (χ2n) is 9.86. The van der Waals surface area contributed by atoms with Crippen LogP contribution >= 0.6 is 23.2 Å². The summed E-state index contributed by atoms with van der Waals surface area (Å²) in [5, 5.41) is 10.5. The Kier molecular flexibility index (Phi) is 4.90. The van der Waals surface area contributed by atoms with E-state index in [0.29, 0.717) is 6.42 Å². The normalized spacial score (nSPS) is 52.7. The van der Waals surface area contributed by atoms with Crippen LogP contribution in [0.15, 0.2) is 23.6 Å². The first-order valence-corrected chi connectivity index (χ1v) is 11.0. The predicted molar refractivity (Wildman–Crippen MR) is 108 cm³/mol. The van der Waals surface area contributed by atoms with Crippen molar-refractivity contribution in [3.05, 3.63) is 23.6 Å². The monoisotopic (exact) mass is 464 g/mol. The van der Waals surface area contributed by atoms with Gasteiger partial charge in [0.05, 0.1) is 10.3 Å². The zero-order chi connectivity index (χ0) is 22.4. The maximum absolute atomic E-state index is 15.4. The molecule has 1 N–H and O–H groups in total. The number of carbonyl (C=O) groups excluding carboxylic acids is 2. The molecule has 4 rings (SSSR count). The molecule has 3 fully saturated rings. The van der Waals surface area contributed by atoms with Gasteiger partial charge < -0.3 is 5.11 Å². The number of aliphatic hydroxyl groups is 1. The summed E-state index contributed by atoms with van der Waals surface area (Å²) in [6, 6.07) is 0. The Bertz CT molecular complexity index is 891. The predicted octanol–water partition coefficient (Wildman–Crippen LogP) is 4.63. The summed E-state index contributed by atoms with van der Waals surface area (Å²) in [4.78, 5) is 23.1. The van der Waals surface area contributed by atoms with Crippen LogP contribution in [0.4, 0.5) is 13.2 Å². The third-order valence-corrected chi connectivity index (χ3v) is 10.3. The number of hydrogen-bond acceptors (Lipinski definition) is 3. The van der Waals surface area contributed by atoms with Gasteiger partial charge in [0.2, 0.25) is 5.78 Å². The molecule has 3 saturated carbocycles. The number of fused-ring (bicyclic) bond motifs is 5. The molecule has 0 saturated heterocycles. The Morgan fingerprint density at radius 2 is 1.93 bits per heavy atom. The van der Waals surface area contributed by atoms with Gasteiger partial charge in [-0.1, -0.05) is 26.8 Å². The molecule has 0 aromatic carbocycles. The number of halogens is 5. The van der Waals surface area contributed by atoms with Gasteiger partial charge in [0, 0.05) is 16.4 Å². The lowest BCUT2D eigenvalue weighted by Gasteiger charge is -2.64. The van der Waals surface area contributed by atoms with Crippen molar-refractivity contribution in [3.8, 4) is 0 Å². The average molecular weight is 465 g/mol. The van der Waals surface area contributed by atoms with E-state index in [1.807, 2.05) is 0 Å². The summed E-state index contributed by atoms with van der Waals surface area (Å²) in [7, 11) is 0. The summed E-state index contributed by atoms with van der Waals surface area (Å²) in [5.41, 5.74) is -4.67. The molecule has 0 radical (unpaired) electrons. The second-order valence-corrected chi connectivity index (χ2v) is 11.0. The van der Waals surface area contributed by atoms with Crippen molar-refractivity contribution in [1.82, 2.24) is 0 Å². The van der Waals surface area contributed by atoms with E-state index in [-0.39, 0.29) is 18.4 Å².